The summed E-state index contributed by atoms with van der Waals surface area (Å²) in [6.07, 6.45) is 2.15. The van der Waals surface area contributed by atoms with Gasteiger partial charge in [0.15, 0.2) is 0 Å². The van der Waals surface area contributed by atoms with Crippen LogP contribution in [0.2, 0.25) is 5.02 Å². The molecule has 25 heavy (non-hydrogen) atoms. The van der Waals surface area contributed by atoms with Crippen molar-refractivity contribution in [3.05, 3.63) is 64.7 Å². The van der Waals surface area contributed by atoms with Crippen LogP contribution in [-0.4, -0.2) is 42.1 Å². The van der Waals surface area contributed by atoms with Gasteiger partial charge >= 0.3 is 0 Å². The summed E-state index contributed by atoms with van der Waals surface area (Å²) < 4.78 is 6.63. The van der Waals surface area contributed by atoms with Gasteiger partial charge in [-0.05, 0) is 30.8 Å². The van der Waals surface area contributed by atoms with Gasteiger partial charge in [-0.15, -0.1) is 0 Å². The first-order chi connectivity index (χ1) is 12.1. The first-order valence-electron chi connectivity index (χ1n) is 9.04. The topological polar surface area (TPSA) is 15.7 Å². The summed E-state index contributed by atoms with van der Waals surface area (Å²) in [6.45, 7) is 4.96. The highest BCUT2D eigenvalue weighted by Crippen LogP contribution is 2.35. The van der Waals surface area contributed by atoms with Crippen LogP contribution in [0.25, 0.3) is 0 Å². The predicted molar refractivity (Wildman–Crippen MR) is 102 cm³/mol. The van der Waals surface area contributed by atoms with Crippen LogP contribution in [-0.2, 0) is 13.1 Å². The third-order valence-corrected chi connectivity index (χ3v) is 5.63. The van der Waals surface area contributed by atoms with Gasteiger partial charge in [0.25, 0.3) is 0 Å². The molecule has 2 aromatic carbocycles. The summed E-state index contributed by atoms with van der Waals surface area (Å²) in [5.41, 5.74) is 2.45. The van der Waals surface area contributed by atoms with Gasteiger partial charge in [0.05, 0.1) is 0 Å². The minimum Gasteiger partial charge on any atom is -0.486 e. The van der Waals surface area contributed by atoms with Gasteiger partial charge in [-0.2, -0.15) is 0 Å². The van der Waals surface area contributed by atoms with Crippen LogP contribution in [0.1, 0.15) is 24.0 Å². The molecule has 2 aliphatic heterocycles. The molecule has 1 saturated heterocycles. The maximum Gasteiger partial charge on any atom is 0.124 e. The lowest BCUT2D eigenvalue weighted by molar-refractivity contribution is -0.0146. The second kappa shape index (κ2) is 6.99. The Morgan fingerprint density at radius 3 is 2.68 bits per heavy atom. The van der Waals surface area contributed by atoms with E-state index in [-0.39, 0.29) is 5.60 Å². The molecule has 0 atom stereocenters. The number of halogens is 1. The van der Waals surface area contributed by atoms with Crippen molar-refractivity contribution in [3.63, 3.8) is 0 Å². The minimum atomic E-state index is -0.0856. The first-order valence-corrected chi connectivity index (χ1v) is 9.42. The highest BCUT2D eigenvalue weighted by atomic mass is 35.5. The number of fused-ring (bicyclic) bond motifs is 1. The van der Waals surface area contributed by atoms with Crippen molar-refractivity contribution >= 4 is 11.6 Å². The Morgan fingerprint density at radius 1 is 1.08 bits per heavy atom. The number of hydrogen-bond donors (Lipinski definition) is 0. The standard InChI is InChI=1S/C21H25ClN2O/c1-23-11-9-21(10-12-23)16-24(14-17-5-4-7-19(22)13-17)15-18-6-2-3-8-20(18)25-21/h2-8,13H,9-12,14-16H2,1H3. The van der Waals surface area contributed by atoms with E-state index in [4.69, 9.17) is 16.3 Å². The van der Waals surface area contributed by atoms with Crippen molar-refractivity contribution in [2.45, 2.75) is 31.5 Å². The molecule has 0 bridgehead atoms. The number of piperidine rings is 1. The number of hydrogen-bond acceptors (Lipinski definition) is 3. The Bertz CT molecular complexity index is 740. The van der Waals surface area contributed by atoms with Gasteiger partial charge < -0.3 is 9.64 Å². The molecule has 3 nitrogen and oxygen atoms in total. The molecule has 0 N–H and O–H groups in total. The minimum absolute atomic E-state index is 0.0856. The summed E-state index contributed by atoms with van der Waals surface area (Å²) in [4.78, 5) is 4.91. The van der Waals surface area contributed by atoms with E-state index in [0.717, 1.165) is 56.3 Å². The zero-order valence-electron chi connectivity index (χ0n) is 14.7. The second-order valence-electron chi connectivity index (χ2n) is 7.47. The van der Waals surface area contributed by atoms with Crippen molar-refractivity contribution in [2.75, 3.05) is 26.7 Å². The van der Waals surface area contributed by atoms with Crippen molar-refractivity contribution in [3.8, 4) is 5.75 Å². The van der Waals surface area contributed by atoms with E-state index in [2.05, 4.69) is 53.2 Å². The third-order valence-electron chi connectivity index (χ3n) is 5.40. The number of benzene rings is 2. The van der Waals surface area contributed by atoms with Crippen molar-refractivity contribution < 1.29 is 4.74 Å². The van der Waals surface area contributed by atoms with Crippen molar-refractivity contribution in [1.82, 2.24) is 9.80 Å². The molecule has 4 rings (SSSR count). The Hall–Kier alpha value is -1.55. The van der Waals surface area contributed by atoms with E-state index in [9.17, 15) is 0 Å². The molecule has 0 amide bonds. The highest BCUT2D eigenvalue weighted by molar-refractivity contribution is 6.30. The molecule has 1 spiro atoms. The van der Waals surface area contributed by atoms with Gasteiger partial charge in [0, 0.05) is 56.2 Å². The molecule has 2 aliphatic rings. The van der Waals surface area contributed by atoms with Gasteiger partial charge in [0.2, 0.25) is 0 Å². The maximum atomic E-state index is 6.63. The van der Waals surface area contributed by atoms with Crippen LogP contribution < -0.4 is 4.74 Å². The summed E-state index contributed by atoms with van der Waals surface area (Å²) >= 11 is 6.19. The first kappa shape index (κ1) is 16.9. The molecular formula is C21H25ClN2O. The van der Waals surface area contributed by atoms with Crippen molar-refractivity contribution in [2.24, 2.45) is 0 Å². The van der Waals surface area contributed by atoms with Crippen LogP contribution in [0, 0.1) is 0 Å². The van der Waals surface area contributed by atoms with Gasteiger partial charge in [-0.3, -0.25) is 4.90 Å². The second-order valence-corrected chi connectivity index (χ2v) is 7.91. The Balaban J connectivity index is 1.62. The molecular weight excluding hydrogens is 332 g/mol. The average Bonchev–Trinajstić information content (AvgIpc) is 2.74. The molecule has 0 unspecified atom stereocenters. The average molecular weight is 357 g/mol. The molecule has 2 heterocycles. The Morgan fingerprint density at radius 2 is 1.88 bits per heavy atom. The van der Waals surface area contributed by atoms with Crippen LogP contribution in [0.5, 0.6) is 5.75 Å². The normalized spacial score (nSPS) is 20.7. The number of ether oxygens (including phenoxy) is 1. The molecule has 0 saturated carbocycles. The lowest BCUT2D eigenvalue weighted by Crippen LogP contribution is -2.52. The van der Waals surface area contributed by atoms with Crippen LogP contribution >= 0.6 is 11.6 Å². The highest BCUT2D eigenvalue weighted by Gasteiger charge is 2.39. The molecule has 1 fully saturated rings. The quantitative estimate of drug-likeness (QED) is 0.802. The van der Waals surface area contributed by atoms with Gasteiger partial charge in [-0.1, -0.05) is 41.9 Å². The molecule has 0 aliphatic carbocycles. The zero-order chi connectivity index (χ0) is 17.3. The number of nitrogens with zero attached hydrogens (tertiary/aromatic N) is 2. The smallest absolute Gasteiger partial charge is 0.124 e. The van der Waals surface area contributed by atoms with Crippen LogP contribution in [0.3, 0.4) is 0 Å². The molecule has 2 aromatic rings. The summed E-state index contributed by atoms with van der Waals surface area (Å²) in [5, 5.41) is 0.804. The SMILES string of the molecule is CN1CCC2(CC1)CN(Cc1cccc(Cl)c1)Cc1ccccc1O2. The van der Waals surface area contributed by atoms with E-state index >= 15 is 0 Å². The van der Waals surface area contributed by atoms with E-state index in [1.165, 1.54) is 11.1 Å². The van der Waals surface area contributed by atoms with Gasteiger partial charge in [-0.25, -0.2) is 0 Å². The summed E-state index contributed by atoms with van der Waals surface area (Å²) in [7, 11) is 2.20. The van der Waals surface area contributed by atoms with E-state index in [1.54, 1.807) is 0 Å². The van der Waals surface area contributed by atoms with Crippen LogP contribution in [0.15, 0.2) is 48.5 Å². The largest absolute Gasteiger partial charge is 0.486 e. The maximum absolute atomic E-state index is 6.63. The number of likely N-dealkylation sites (tertiary alicyclic amines) is 1. The molecule has 4 heteroatoms. The molecule has 132 valence electrons. The fourth-order valence-corrected chi connectivity index (χ4v) is 4.21. The van der Waals surface area contributed by atoms with E-state index in [1.807, 2.05) is 12.1 Å². The fraction of sp³-hybridized carbons (Fsp3) is 0.429. The predicted octanol–water partition coefficient (Wildman–Crippen LogP) is 4.20. The van der Waals surface area contributed by atoms with Crippen molar-refractivity contribution in [1.29, 1.82) is 0 Å². The zero-order valence-corrected chi connectivity index (χ0v) is 15.5. The Kier molecular flexibility index (Phi) is 4.72. The van der Waals surface area contributed by atoms with E-state index in [0.29, 0.717) is 0 Å². The van der Waals surface area contributed by atoms with E-state index < -0.39 is 0 Å². The number of rotatable bonds is 2. The Labute approximate surface area is 155 Å². The molecule has 0 radical (unpaired) electrons. The summed E-state index contributed by atoms with van der Waals surface area (Å²) in [5.74, 6) is 1.06. The monoisotopic (exact) mass is 356 g/mol. The molecule has 0 aromatic heterocycles. The lowest BCUT2D eigenvalue weighted by atomic mass is 9.90. The lowest BCUT2D eigenvalue weighted by Gasteiger charge is -2.42. The van der Waals surface area contributed by atoms with Gasteiger partial charge in [0.1, 0.15) is 11.4 Å². The van der Waals surface area contributed by atoms with Crippen LogP contribution in [0.4, 0.5) is 0 Å². The number of para-hydroxylation sites is 1. The third kappa shape index (κ3) is 3.84. The summed E-state index contributed by atoms with van der Waals surface area (Å²) in [6, 6.07) is 16.7. The fourth-order valence-electron chi connectivity index (χ4n) is 4.00.